The largest absolute Gasteiger partial charge is 0.463 e. The Morgan fingerprint density at radius 2 is 1.91 bits per heavy atom. The summed E-state index contributed by atoms with van der Waals surface area (Å²) in [5.74, 6) is 0.925. The van der Waals surface area contributed by atoms with E-state index in [1.54, 1.807) is 6.92 Å². The van der Waals surface area contributed by atoms with Crippen LogP contribution in [0.4, 0.5) is 4.79 Å². The van der Waals surface area contributed by atoms with Gasteiger partial charge in [-0.25, -0.2) is 9.59 Å². The van der Waals surface area contributed by atoms with E-state index >= 15 is 0 Å². The minimum absolute atomic E-state index is 0.238. The normalized spacial score (nSPS) is 29.0. The zero-order valence-electron chi connectivity index (χ0n) is 14.6. The summed E-state index contributed by atoms with van der Waals surface area (Å²) in [6.07, 6.45) is 1.89. The average Bonchev–Trinajstić information content (AvgIpc) is 2.45. The molecule has 0 bridgehead atoms. The number of carbonyl (C=O) groups is 2. The molecule has 2 rings (SSSR count). The van der Waals surface area contributed by atoms with Crippen molar-refractivity contribution in [1.82, 2.24) is 15.5 Å². The fourth-order valence-corrected chi connectivity index (χ4v) is 3.73. The molecule has 0 aromatic rings. The van der Waals surface area contributed by atoms with Gasteiger partial charge in [0.25, 0.3) is 0 Å². The Bertz CT molecular complexity index is 479. The highest BCUT2D eigenvalue weighted by Gasteiger charge is 2.33. The number of ether oxygens (including phenoxy) is 1. The molecule has 1 fully saturated rings. The topological polar surface area (TPSA) is 70.7 Å². The molecule has 6 heteroatoms. The lowest BCUT2D eigenvalue weighted by Crippen LogP contribution is -2.53. The van der Waals surface area contributed by atoms with Gasteiger partial charge in [0, 0.05) is 25.3 Å². The summed E-state index contributed by atoms with van der Waals surface area (Å²) in [6, 6.07) is -0.518. The van der Waals surface area contributed by atoms with Crippen LogP contribution in [0.5, 0.6) is 0 Å². The standard InChI is InChI=1S/C17H29N3O3/c1-5-13-15(16(21)23-6-2)14(19-17(22)18-13)10-20-8-11(3)7-12(4)9-20/h11-13H,5-10H2,1-4H3,(H2,18,19,22)/t11-,12-,13-/m1/s1. The van der Waals surface area contributed by atoms with Gasteiger partial charge in [0.15, 0.2) is 0 Å². The van der Waals surface area contributed by atoms with Crippen molar-refractivity contribution >= 4 is 12.0 Å². The smallest absolute Gasteiger partial charge is 0.337 e. The molecular formula is C17H29N3O3. The number of nitrogens with zero attached hydrogens (tertiary/aromatic N) is 1. The summed E-state index contributed by atoms with van der Waals surface area (Å²) in [6.45, 7) is 11.1. The van der Waals surface area contributed by atoms with E-state index in [9.17, 15) is 9.59 Å². The van der Waals surface area contributed by atoms with E-state index in [0.717, 1.165) is 13.1 Å². The minimum atomic E-state index is -0.333. The van der Waals surface area contributed by atoms with Crippen molar-refractivity contribution in [2.75, 3.05) is 26.2 Å². The van der Waals surface area contributed by atoms with Gasteiger partial charge in [0.1, 0.15) is 0 Å². The van der Waals surface area contributed by atoms with Gasteiger partial charge in [-0.1, -0.05) is 20.8 Å². The van der Waals surface area contributed by atoms with Gasteiger partial charge in [-0.3, -0.25) is 4.90 Å². The van der Waals surface area contributed by atoms with E-state index in [4.69, 9.17) is 4.74 Å². The van der Waals surface area contributed by atoms with Gasteiger partial charge in [-0.2, -0.15) is 0 Å². The van der Waals surface area contributed by atoms with Crippen molar-refractivity contribution in [3.63, 3.8) is 0 Å². The maximum absolute atomic E-state index is 12.4. The van der Waals surface area contributed by atoms with Crippen molar-refractivity contribution in [2.24, 2.45) is 11.8 Å². The number of esters is 1. The lowest BCUT2D eigenvalue weighted by molar-refractivity contribution is -0.139. The number of piperidine rings is 1. The third-order valence-electron chi connectivity index (χ3n) is 4.47. The highest BCUT2D eigenvalue weighted by Crippen LogP contribution is 2.23. The molecule has 2 amide bonds. The van der Waals surface area contributed by atoms with Crippen molar-refractivity contribution < 1.29 is 14.3 Å². The van der Waals surface area contributed by atoms with Gasteiger partial charge in [-0.05, 0) is 31.6 Å². The van der Waals surface area contributed by atoms with Gasteiger partial charge in [0.05, 0.1) is 18.2 Å². The lowest BCUT2D eigenvalue weighted by atomic mass is 9.91. The van der Waals surface area contributed by atoms with Crippen LogP contribution in [0.25, 0.3) is 0 Å². The first kappa shape index (κ1) is 17.8. The minimum Gasteiger partial charge on any atom is -0.463 e. The van der Waals surface area contributed by atoms with E-state index < -0.39 is 0 Å². The van der Waals surface area contributed by atoms with E-state index in [1.807, 2.05) is 6.92 Å². The van der Waals surface area contributed by atoms with Crippen LogP contribution in [-0.4, -0.2) is 49.2 Å². The van der Waals surface area contributed by atoms with Crippen LogP contribution in [-0.2, 0) is 9.53 Å². The Hall–Kier alpha value is -1.56. The van der Waals surface area contributed by atoms with E-state index in [2.05, 4.69) is 29.4 Å². The fraction of sp³-hybridized carbons (Fsp3) is 0.765. The molecule has 2 aliphatic rings. The predicted molar refractivity (Wildman–Crippen MR) is 88.8 cm³/mol. The first-order chi connectivity index (χ1) is 10.9. The summed E-state index contributed by atoms with van der Waals surface area (Å²) < 4.78 is 5.20. The van der Waals surface area contributed by atoms with E-state index in [0.29, 0.717) is 42.7 Å². The molecule has 2 heterocycles. The molecule has 0 spiro atoms. The third-order valence-corrected chi connectivity index (χ3v) is 4.47. The molecule has 3 atom stereocenters. The predicted octanol–water partition coefficient (Wildman–Crippen LogP) is 1.87. The maximum Gasteiger partial charge on any atom is 0.337 e. The lowest BCUT2D eigenvalue weighted by Gasteiger charge is -2.37. The van der Waals surface area contributed by atoms with Crippen LogP contribution in [0.3, 0.4) is 0 Å². The van der Waals surface area contributed by atoms with Crippen molar-refractivity contribution in [3.8, 4) is 0 Å². The average molecular weight is 323 g/mol. The summed E-state index contributed by atoms with van der Waals surface area (Å²) in [7, 11) is 0. The highest BCUT2D eigenvalue weighted by atomic mass is 16.5. The summed E-state index contributed by atoms with van der Waals surface area (Å²) in [5.41, 5.74) is 1.26. The first-order valence-electron chi connectivity index (χ1n) is 8.64. The van der Waals surface area contributed by atoms with Gasteiger partial charge < -0.3 is 15.4 Å². The van der Waals surface area contributed by atoms with E-state index in [-0.39, 0.29) is 18.0 Å². The summed E-state index contributed by atoms with van der Waals surface area (Å²) >= 11 is 0. The molecule has 0 aromatic heterocycles. The molecule has 6 nitrogen and oxygen atoms in total. The Morgan fingerprint density at radius 1 is 1.26 bits per heavy atom. The van der Waals surface area contributed by atoms with Crippen LogP contribution in [0.2, 0.25) is 0 Å². The summed E-state index contributed by atoms with van der Waals surface area (Å²) in [4.78, 5) is 26.6. The number of likely N-dealkylation sites (tertiary alicyclic amines) is 1. The zero-order chi connectivity index (χ0) is 17.0. The quantitative estimate of drug-likeness (QED) is 0.758. The molecule has 130 valence electrons. The number of urea groups is 1. The molecule has 23 heavy (non-hydrogen) atoms. The van der Waals surface area contributed by atoms with Crippen molar-refractivity contribution in [1.29, 1.82) is 0 Å². The second-order valence-electron chi connectivity index (χ2n) is 6.81. The Labute approximate surface area is 138 Å². The number of amides is 2. The Morgan fingerprint density at radius 3 is 2.48 bits per heavy atom. The SMILES string of the molecule is CCOC(=O)C1=C(CN2C[C@H](C)C[C@@H](C)C2)NC(=O)N[C@@H]1CC. The zero-order valence-corrected chi connectivity index (χ0v) is 14.6. The van der Waals surface area contributed by atoms with Gasteiger partial charge >= 0.3 is 12.0 Å². The van der Waals surface area contributed by atoms with Crippen LogP contribution >= 0.6 is 0 Å². The van der Waals surface area contributed by atoms with Crippen LogP contribution in [0.15, 0.2) is 11.3 Å². The number of nitrogens with one attached hydrogen (secondary N) is 2. The second-order valence-corrected chi connectivity index (χ2v) is 6.81. The van der Waals surface area contributed by atoms with Crippen molar-refractivity contribution in [3.05, 3.63) is 11.3 Å². The highest BCUT2D eigenvalue weighted by molar-refractivity contribution is 5.94. The van der Waals surface area contributed by atoms with Crippen LogP contribution < -0.4 is 10.6 Å². The fourth-order valence-electron chi connectivity index (χ4n) is 3.73. The molecule has 0 radical (unpaired) electrons. The number of carbonyl (C=O) groups excluding carboxylic acids is 2. The second kappa shape index (κ2) is 7.81. The molecular weight excluding hydrogens is 294 g/mol. The maximum atomic E-state index is 12.4. The number of hydrogen-bond donors (Lipinski definition) is 2. The van der Waals surface area contributed by atoms with Gasteiger partial charge in [-0.15, -0.1) is 0 Å². The first-order valence-corrected chi connectivity index (χ1v) is 8.64. The Balaban J connectivity index is 2.24. The molecule has 1 saturated heterocycles. The van der Waals surface area contributed by atoms with Crippen molar-refractivity contribution in [2.45, 2.75) is 46.6 Å². The molecule has 0 saturated carbocycles. The molecule has 0 unspecified atom stereocenters. The van der Waals surface area contributed by atoms with E-state index in [1.165, 1.54) is 6.42 Å². The summed E-state index contributed by atoms with van der Waals surface area (Å²) in [5, 5.41) is 5.65. The molecule has 0 aliphatic carbocycles. The number of hydrogen-bond acceptors (Lipinski definition) is 4. The van der Waals surface area contributed by atoms with Gasteiger partial charge in [0.2, 0.25) is 0 Å². The molecule has 2 N–H and O–H groups in total. The van der Waals surface area contributed by atoms with Crippen LogP contribution in [0, 0.1) is 11.8 Å². The van der Waals surface area contributed by atoms with Crippen LogP contribution in [0.1, 0.15) is 40.5 Å². The molecule has 0 aromatic carbocycles. The number of rotatable bonds is 5. The third kappa shape index (κ3) is 4.47. The molecule has 2 aliphatic heterocycles. The monoisotopic (exact) mass is 323 g/mol. The Kier molecular flexibility index (Phi) is 6.04.